The van der Waals surface area contributed by atoms with Crippen LogP contribution in [0.3, 0.4) is 0 Å². The van der Waals surface area contributed by atoms with Gasteiger partial charge in [-0.05, 0) is 89.1 Å². The van der Waals surface area contributed by atoms with Crippen molar-refractivity contribution in [1.82, 2.24) is 14.7 Å². The monoisotopic (exact) mass is 634 g/mol. The van der Waals surface area contributed by atoms with Crippen molar-refractivity contribution in [2.24, 2.45) is 0 Å². The number of anilines is 1. The zero-order valence-electron chi connectivity index (χ0n) is 24.8. The van der Waals surface area contributed by atoms with Crippen molar-refractivity contribution in [3.05, 3.63) is 29.3 Å². The van der Waals surface area contributed by atoms with E-state index in [0.717, 1.165) is 44.4 Å². The van der Waals surface area contributed by atoms with E-state index in [1.54, 1.807) is 6.07 Å². The van der Waals surface area contributed by atoms with E-state index >= 15 is 0 Å². The average Bonchev–Trinajstić information content (AvgIpc) is 3.61. The lowest BCUT2D eigenvalue weighted by molar-refractivity contribution is -0.200. The molecule has 8 nitrogen and oxygen atoms in total. The number of ether oxygens (including phenoxy) is 1. The topological polar surface area (TPSA) is 76.6 Å². The molecule has 1 amide bonds. The van der Waals surface area contributed by atoms with E-state index < -0.39 is 42.1 Å². The van der Waals surface area contributed by atoms with E-state index in [-0.39, 0.29) is 24.7 Å². The molecule has 44 heavy (non-hydrogen) atoms. The molecule has 0 aliphatic carbocycles. The van der Waals surface area contributed by atoms with Crippen molar-refractivity contribution >= 4 is 17.7 Å². The Morgan fingerprint density at radius 3 is 2.25 bits per heavy atom. The Hall–Kier alpha value is -2.74. The fourth-order valence-electron chi connectivity index (χ4n) is 7.51. The Kier molecular flexibility index (Phi) is 9.33. The number of hydrogen-bond acceptors (Lipinski definition) is 6. The summed E-state index contributed by atoms with van der Waals surface area (Å²) in [5.74, 6) is -0.830. The first kappa shape index (κ1) is 32.6. The summed E-state index contributed by atoms with van der Waals surface area (Å²) < 4.78 is 84.6. The number of carbonyl (C=O) groups is 2. The number of halogens is 6. The zero-order valence-corrected chi connectivity index (χ0v) is 24.8. The molecule has 14 heteroatoms. The molecule has 0 radical (unpaired) electrons. The lowest BCUT2D eigenvalue weighted by atomic mass is 9.84. The smallest absolute Gasteiger partial charge is 0.425 e. The highest BCUT2D eigenvalue weighted by Crippen LogP contribution is 2.42. The van der Waals surface area contributed by atoms with Gasteiger partial charge in [-0.15, -0.1) is 0 Å². The molecule has 1 N–H and O–H groups in total. The predicted octanol–water partition coefficient (Wildman–Crippen LogP) is 5.74. The van der Waals surface area contributed by atoms with Crippen molar-refractivity contribution in [1.29, 1.82) is 0 Å². The average molecular weight is 635 g/mol. The Morgan fingerprint density at radius 1 is 0.955 bits per heavy atom. The Morgan fingerprint density at radius 2 is 1.64 bits per heavy atom. The number of carbonyl (C=O) groups excluding carboxylic acids is 1. The summed E-state index contributed by atoms with van der Waals surface area (Å²) in [7, 11) is 0. The van der Waals surface area contributed by atoms with E-state index in [2.05, 4.69) is 9.64 Å². The number of hydrogen-bond donors (Lipinski definition) is 1. The van der Waals surface area contributed by atoms with Crippen LogP contribution in [-0.4, -0.2) is 101 Å². The molecule has 4 heterocycles. The lowest BCUT2D eigenvalue weighted by Gasteiger charge is -2.45. The fraction of sp³-hybridized carbons (Fsp3) is 0.733. The van der Waals surface area contributed by atoms with Gasteiger partial charge in [0.05, 0.1) is 5.56 Å². The second kappa shape index (κ2) is 12.6. The molecule has 0 saturated carbocycles. The molecular weight excluding hydrogens is 594 g/mol. The summed E-state index contributed by atoms with van der Waals surface area (Å²) in [5.41, 5.74) is 0.266. The largest absolute Gasteiger partial charge is 0.480 e. The quantitative estimate of drug-likeness (QED) is 0.400. The molecule has 246 valence electrons. The van der Waals surface area contributed by atoms with Gasteiger partial charge >= 0.3 is 24.4 Å². The van der Waals surface area contributed by atoms with Crippen molar-refractivity contribution in [3.63, 3.8) is 0 Å². The van der Waals surface area contributed by atoms with Crippen LogP contribution in [0.2, 0.25) is 0 Å². The molecule has 1 spiro atoms. The summed E-state index contributed by atoms with van der Waals surface area (Å²) in [5, 5.41) is 9.60. The van der Waals surface area contributed by atoms with Gasteiger partial charge in [0.25, 0.3) is 0 Å². The number of likely N-dealkylation sites (tertiary alicyclic amines) is 3. The highest BCUT2D eigenvalue weighted by atomic mass is 19.4. The minimum absolute atomic E-state index is 0.0712. The first-order chi connectivity index (χ1) is 20.7. The van der Waals surface area contributed by atoms with E-state index in [4.69, 9.17) is 0 Å². The number of rotatable bonds is 6. The van der Waals surface area contributed by atoms with Gasteiger partial charge < -0.3 is 19.6 Å². The maximum absolute atomic E-state index is 13.8. The van der Waals surface area contributed by atoms with Gasteiger partial charge in [0.15, 0.2) is 6.10 Å². The van der Waals surface area contributed by atoms with Crippen LogP contribution in [0, 0.1) is 0 Å². The maximum atomic E-state index is 13.8. The Labute approximate surface area is 252 Å². The molecule has 0 aromatic heterocycles. The van der Waals surface area contributed by atoms with Crippen molar-refractivity contribution in [2.75, 3.05) is 44.2 Å². The Bertz CT molecular complexity index is 1190. The van der Waals surface area contributed by atoms with Crippen LogP contribution in [0.4, 0.5) is 36.8 Å². The molecule has 1 aromatic carbocycles. The standard InChI is InChI=1S/C30H40F6N4O4/c1-20(29(31,32)33)44-27(43)38-16-10-28(11-17-38)9-3-12-39(28)19-21-5-6-22(30(34,35)36)18-25(21)37-14-7-23(8-15-37)40-13-2-4-24(40)26(41)42/h5-6,18,20,23-24H,2-4,7-17,19H2,1H3,(H,41,42)/t20?,24-/m0/s1. The summed E-state index contributed by atoms with van der Waals surface area (Å²) in [4.78, 5) is 31.7. The summed E-state index contributed by atoms with van der Waals surface area (Å²) in [6, 6.07) is 3.43. The number of benzene rings is 1. The second-order valence-corrected chi connectivity index (χ2v) is 12.6. The van der Waals surface area contributed by atoms with Crippen LogP contribution in [0.1, 0.15) is 69.4 Å². The molecule has 0 bridgehead atoms. The highest BCUT2D eigenvalue weighted by molar-refractivity contribution is 5.74. The molecule has 5 rings (SSSR count). The van der Waals surface area contributed by atoms with Gasteiger partial charge in [-0.25, -0.2) is 4.79 Å². The van der Waals surface area contributed by atoms with Crippen LogP contribution < -0.4 is 4.90 Å². The van der Waals surface area contributed by atoms with E-state index in [1.165, 1.54) is 11.0 Å². The fourth-order valence-corrected chi connectivity index (χ4v) is 7.51. The minimum atomic E-state index is -4.64. The normalized spacial score (nSPS) is 24.7. The number of nitrogens with zero attached hydrogens (tertiary/aromatic N) is 4. The number of carboxylic acid groups (broad SMARTS) is 1. The number of carboxylic acids is 1. The van der Waals surface area contributed by atoms with E-state index in [0.29, 0.717) is 64.0 Å². The van der Waals surface area contributed by atoms with Crippen LogP contribution in [0.5, 0.6) is 0 Å². The number of piperidine rings is 2. The molecule has 1 unspecified atom stereocenters. The predicted molar refractivity (Wildman–Crippen MR) is 149 cm³/mol. The number of amides is 1. The number of alkyl halides is 6. The van der Waals surface area contributed by atoms with Crippen LogP contribution >= 0.6 is 0 Å². The third kappa shape index (κ3) is 6.90. The minimum Gasteiger partial charge on any atom is -0.480 e. The van der Waals surface area contributed by atoms with Gasteiger partial charge in [0, 0.05) is 50.0 Å². The molecule has 1 aromatic rings. The first-order valence-electron chi connectivity index (χ1n) is 15.4. The SMILES string of the molecule is CC(OC(=O)N1CCC2(CCCN2Cc2ccc(C(F)(F)F)cc2N2CCC(N3CCC[C@H]3C(=O)O)CC2)CC1)C(F)(F)F. The molecule has 4 aliphatic heterocycles. The highest BCUT2D eigenvalue weighted by Gasteiger charge is 2.46. The Balaban J connectivity index is 1.28. The van der Waals surface area contributed by atoms with E-state index in [1.807, 2.05) is 9.80 Å². The van der Waals surface area contributed by atoms with Crippen molar-refractivity contribution < 1.29 is 45.8 Å². The third-order valence-corrected chi connectivity index (χ3v) is 10.1. The van der Waals surface area contributed by atoms with E-state index in [9.17, 15) is 41.0 Å². The molecule has 2 atom stereocenters. The van der Waals surface area contributed by atoms with Crippen molar-refractivity contribution in [2.45, 2.75) is 101 Å². The van der Waals surface area contributed by atoms with Gasteiger partial charge in [0.2, 0.25) is 0 Å². The van der Waals surface area contributed by atoms with Gasteiger partial charge in [-0.1, -0.05) is 6.07 Å². The first-order valence-corrected chi connectivity index (χ1v) is 15.4. The van der Waals surface area contributed by atoms with Gasteiger partial charge in [0.1, 0.15) is 6.04 Å². The van der Waals surface area contributed by atoms with Crippen LogP contribution in [0.15, 0.2) is 18.2 Å². The summed E-state index contributed by atoms with van der Waals surface area (Å²) >= 11 is 0. The molecule has 4 aliphatic rings. The lowest BCUT2D eigenvalue weighted by Crippen LogP contribution is -2.53. The maximum Gasteiger partial charge on any atom is 0.425 e. The van der Waals surface area contributed by atoms with Gasteiger partial charge in [-0.2, -0.15) is 26.3 Å². The van der Waals surface area contributed by atoms with Crippen LogP contribution in [-0.2, 0) is 22.3 Å². The zero-order chi connectivity index (χ0) is 31.9. The molecule has 4 saturated heterocycles. The second-order valence-electron chi connectivity index (χ2n) is 12.6. The summed E-state index contributed by atoms with van der Waals surface area (Å²) in [6.07, 6.45) is -6.83. The summed E-state index contributed by atoms with van der Waals surface area (Å²) in [6.45, 7) is 4.15. The molecule has 4 fully saturated rings. The van der Waals surface area contributed by atoms with Crippen molar-refractivity contribution in [3.8, 4) is 0 Å². The third-order valence-electron chi connectivity index (χ3n) is 10.1. The molecular formula is C30H40F6N4O4. The van der Waals surface area contributed by atoms with Crippen LogP contribution in [0.25, 0.3) is 0 Å². The van der Waals surface area contributed by atoms with Gasteiger partial charge in [-0.3, -0.25) is 14.6 Å². The number of aliphatic carboxylic acids is 1.